The van der Waals surface area contributed by atoms with Crippen LogP contribution in [0.5, 0.6) is 0 Å². The highest BCUT2D eigenvalue weighted by Gasteiger charge is 2.27. The van der Waals surface area contributed by atoms with Crippen molar-refractivity contribution in [3.63, 3.8) is 0 Å². The zero-order valence-corrected chi connectivity index (χ0v) is 12.5. The van der Waals surface area contributed by atoms with Gasteiger partial charge in [-0.3, -0.25) is 4.90 Å². The third-order valence-electron chi connectivity index (χ3n) is 3.24. The van der Waals surface area contributed by atoms with Gasteiger partial charge in [0.15, 0.2) is 0 Å². The zero-order valence-electron chi connectivity index (χ0n) is 10.1. The molecule has 2 N–H and O–H groups in total. The summed E-state index contributed by atoms with van der Waals surface area (Å²) >= 11 is 5.38. The number of halogens is 1. The first-order valence-corrected chi connectivity index (χ1v) is 7.72. The van der Waals surface area contributed by atoms with E-state index in [0.29, 0.717) is 18.7 Å². The van der Waals surface area contributed by atoms with Crippen molar-refractivity contribution in [2.45, 2.75) is 25.5 Å². The van der Waals surface area contributed by atoms with Crippen molar-refractivity contribution in [1.29, 1.82) is 0 Å². The SMILES string of the molecule is CCC1CN(C(CN)c2sccc2Br)CCO1. The number of hydrogen-bond acceptors (Lipinski definition) is 4. The van der Waals surface area contributed by atoms with Gasteiger partial charge in [-0.1, -0.05) is 6.92 Å². The van der Waals surface area contributed by atoms with Crippen LogP contribution in [0.3, 0.4) is 0 Å². The van der Waals surface area contributed by atoms with Crippen LogP contribution in [0.1, 0.15) is 24.3 Å². The lowest BCUT2D eigenvalue weighted by Gasteiger charge is -2.37. The lowest BCUT2D eigenvalue weighted by molar-refractivity contribution is -0.0433. The molecule has 0 aliphatic carbocycles. The lowest BCUT2D eigenvalue weighted by Crippen LogP contribution is -2.45. The maximum atomic E-state index is 5.95. The molecule has 1 aliphatic rings. The highest BCUT2D eigenvalue weighted by Crippen LogP contribution is 2.33. The predicted molar refractivity (Wildman–Crippen MR) is 75.4 cm³/mol. The van der Waals surface area contributed by atoms with Gasteiger partial charge in [0, 0.05) is 29.0 Å². The second-order valence-corrected chi connectivity index (χ2v) is 6.08. The Morgan fingerprint density at radius 2 is 2.53 bits per heavy atom. The molecular formula is C12H19BrN2OS. The minimum Gasteiger partial charge on any atom is -0.376 e. The maximum absolute atomic E-state index is 5.95. The first-order chi connectivity index (χ1) is 8.26. The molecule has 2 heterocycles. The van der Waals surface area contributed by atoms with Gasteiger partial charge in [-0.05, 0) is 33.8 Å². The van der Waals surface area contributed by atoms with Gasteiger partial charge in [-0.25, -0.2) is 0 Å². The van der Waals surface area contributed by atoms with Crippen LogP contribution in [0.4, 0.5) is 0 Å². The fraction of sp³-hybridized carbons (Fsp3) is 0.667. The number of morpholine rings is 1. The zero-order chi connectivity index (χ0) is 12.3. The third kappa shape index (κ3) is 3.09. The molecule has 1 saturated heterocycles. The number of thiophene rings is 1. The second kappa shape index (κ2) is 6.29. The Labute approximate surface area is 115 Å². The van der Waals surface area contributed by atoms with E-state index in [1.165, 1.54) is 9.35 Å². The number of rotatable bonds is 4. The molecule has 0 spiro atoms. The monoisotopic (exact) mass is 318 g/mol. The predicted octanol–water partition coefficient (Wildman–Crippen LogP) is 2.62. The van der Waals surface area contributed by atoms with E-state index in [4.69, 9.17) is 10.5 Å². The van der Waals surface area contributed by atoms with Crippen LogP contribution < -0.4 is 5.73 Å². The topological polar surface area (TPSA) is 38.5 Å². The molecule has 3 nitrogen and oxygen atoms in total. The van der Waals surface area contributed by atoms with Crippen LogP contribution >= 0.6 is 27.3 Å². The molecule has 1 aromatic heterocycles. The first kappa shape index (κ1) is 13.5. The normalized spacial score (nSPS) is 23.8. The molecular weight excluding hydrogens is 300 g/mol. The van der Waals surface area contributed by atoms with Gasteiger partial charge < -0.3 is 10.5 Å². The molecule has 0 aromatic carbocycles. The van der Waals surface area contributed by atoms with Crippen LogP contribution in [0.25, 0.3) is 0 Å². The largest absolute Gasteiger partial charge is 0.376 e. The lowest BCUT2D eigenvalue weighted by atomic mass is 10.1. The quantitative estimate of drug-likeness (QED) is 0.927. The molecule has 96 valence electrons. The van der Waals surface area contributed by atoms with Crippen LogP contribution in [0.15, 0.2) is 15.9 Å². The number of nitrogens with zero attached hydrogens (tertiary/aromatic N) is 1. The average Bonchev–Trinajstić information content (AvgIpc) is 2.77. The molecule has 2 unspecified atom stereocenters. The summed E-state index contributed by atoms with van der Waals surface area (Å²) in [5, 5.41) is 2.11. The maximum Gasteiger partial charge on any atom is 0.0700 e. The smallest absolute Gasteiger partial charge is 0.0700 e. The molecule has 0 radical (unpaired) electrons. The van der Waals surface area contributed by atoms with Crippen molar-refractivity contribution in [3.05, 3.63) is 20.8 Å². The van der Waals surface area contributed by atoms with E-state index < -0.39 is 0 Å². The van der Waals surface area contributed by atoms with Crippen LogP contribution in [-0.4, -0.2) is 37.2 Å². The summed E-state index contributed by atoms with van der Waals surface area (Å²) in [6.45, 7) is 5.62. The summed E-state index contributed by atoms with van der Waals surface area (Å²) in [5.74, 6) is 0. The van der Waals surface area contributed by atoms with Crippen molar-refractivity contribution >= 4 is 27.3 Å². The van der Waals surface area contributed by atoms with Gasteiger partial charge in [0.05, 0.1) is 18.8 Å². The standard InChI is InChI=1S/C12H19BrN2OS/c1-2-9-8-15(4-5-16-9)11(7-14)12-10(13)3-6-17-12/h3,6,9,11H,2,4-5,7-8,14H2,1H3. The van der Waals surface area contributed by atoms with Crippen LogP contribution in [0.2, 0.25) is 0 Å². The van der Waals surface area contributed by atoms with Crippen molar-refractivity contribution in [3.8, 4) is 0 Å². The van der Waals surface area contributed by atoms with E-state index in [1.54, 1.807) is 11.3 Å². The Morgan fingerprint density at radius 3 is 3.12 bits per heavy atom. The molecule has 2 atom stereocenters. The summed E-state index contributed by atoms with van der Waals surface area (Å²) in [5.41, 5.74) is 5.95. The Balaban J connectivity index is 2.10. The average molecular weight is 319 g/mol. The molecule has 2 rings (SSSR count). The molecule has 0 bridgehead atoms. The Kier molecular flexibility index (Phi) is 4.99. The van der Waals surface area contributed by atoms with E-state index in [-0.39, 0.29) is 0 Å². The summed E-state index contributed by atoms with van der Waals surface area (Å²) in [6.07, 6.45) is 1.43. The Hall–Kier alpha value is 0.0600. The van der Waals surface area contributed by atoms with E-state index in [9.17, 15) is 0 Å². The third-order valence-corrected chi connectivity index (χ3v) is 5.21. The molecule has 1 aliphatic heterocycles. The van der Waals surface area contributed by atoms with Crippen molar-refractivity contribution in [2.24, 2.45) is 5.73 Å². The van der Waals surface area contributed by atoms with Gasteiger partial charge in [0.25, 0.3) is 0 Å². The van der Waals surface area contributed by atoms with E-state index in [1.807, 2.05) is 0 Å². The molecule has 17 heavy (non-hydrogen) atoms. The highest BCUT2D eigenvalue weighted by atomic mass is 79.9. The molecule has 1 fully saturated rings. The Bertz CT molecular complexity index is 358. The van der Waals surface area contributed by atoms with Gasteiger partial charge >= 0.3 is 0 Å². The highest BCUT2D eigenvalue weighted by molar-refractivity contribution is 9.10. The van der Waals surface area contributed by atoms with E-state index >= 15 is 0 Å². The molecule has 0 amide bonds. The summed E-state index contributed by atoms with van der Waals surface area (Å²) in [4.78, 5) is 3.79. The number of hydrogen-bond donors (Lipinski definition) is 1. The van der Waals surface area contributed by atoms with Crippen LogP contribution in [0, 0.1) is 0 Å². The van der Waals surface area contributed by atoms with Crippen molar-refractivity contribution < 1.29 is 4.74 Å². The van der Waals surface area contributed by atoms with Gasteiger partial charge in [0.1, 0.15) is 0 Å². The van der Waals surface area contributed by atoms with Gasteiger partial charge in [-0.2, -0.15) is 0 Å². The fourth-order valence-electron chi connectivity index (χ4n) is 2.24. The minimum atomic E-state index is 0.322. The molecule has 0 saturated carbocycles. The Morgan fingerprint density at radius 1 is 1.71 bits per heavy atom. The number of ether oxygens (including phenoxy) is 1. The number of nitrogens with two attached hydrogens (primary N) is 1. The first-order valence-electron chi connectivity index (χ1n) is 6.04. The van der Waals surface area contributed by atoms with Crippen molar-refractivity contribution in [1.82, 2.24) is 4.90 Å². The molecule has 5 heteroatoms. The summed E-state index contributed by atoms with van der Waals surface area (Å²) < 4.78 is 6.89. The van der Waals surface area contributed by atoms with Gasteiger partial charge in [-0.15, -0.1) is 11.3 Å². The summed E-state index contributed by atoms with van der Waals surface area (Å²) in [6, 6.07) is 2.42. The summed E-state index contributed by atoms with van der Waals surface area (Å²) in [7, 11) is 0. The fourth-order valence-corrected chi connectivity index (χ4v) is 4.02. The van der Waals surface area contributed by atoms with Gasteiger partial charge in [0.2, 0.25) is 0 Å². The van der Waals surface area contributed by atoms with Crippen molar-refractivity contribution in [2.75, 3.05) is 26.2 Å². The van der Waals surface area contributed by atoms with Crippen LogP contribution in [-0.2, 0) is 4.74 Å². The van der Waals surface area contributed by atoms with E-state index in [2.05, 4.69) is 39.2 Å². The molecule has 1 aromatic rings. The second-order valence-electron chi connectivity index (χ2n) is 4.28. The van der Waals surface area contributed by atoms with E-state index in [0.717, 1.165) is 26.1 Å². The minimum absolute atomic E-state index is 0.322.